The molecule has 3 nitrogen and oxygen atoms in total. The van der Waals surface area contributed by atoms with Crippen LogP contribution in [0.4, 0.5) is 17.6 Å². The van der Waals surface area contributed by atoms with Gasteiger partial charge in [-0.2, -0.15) is 0 Å². The number of nitrogens with zero attached hydrogens (tertiary/aromatic N) is 1. The third-order valence-corrected chi connectivity index (χ3v) is 2.90. The molecule has 2 rings (SSSR count). The molecule has 0 radical (unpaired) electrons. The van der Waals surface area contributed by atoms with Gasteiger partial charge in [0.1, 0.15) is 17.2 Å². The van der Waals surface area contributed by atoms with Crippen LogP contribution in [0.5, 0.6) is 5.75 Å². The molecule has 0 amide bonds. The molecule has 0 aliphatic rings. The fourth-order valence-electron chi connectivity index (χ4n) is 1.84. The van der Waals surface area contributed by atoms with Crippen LogP contribution in [-0.4, -0.2) is 16.5 Å². The molecule has 7 heteroatoms. The Balaban J connectivity index is 2.38. The van der Waals surface area contributed by atoms with Crippen molar-refractivity contribution < 1.29 is 27.4 Å². The van der Waals surface area contributed by atoms with Crippen molar-refractivity contribution in [3.63, 3.8) is 0 Å². The first kappa shape index (κ1) is 15.2. The summed E-state index contributed by atoms with van der Waals surface area (Å²) in [6.07, 6.45) is -2.63. The Kier molecular flexibility index (Phi) is 3.87. The molecule has 1 aromatic carbocycles. The van der Waals surface area contributed by atoms with Crippen LogP contribution in [0, 0.1) is 5.82 Å². The largest absolute Gasteiger partial charge is 0.573 e. The predicted octanol–water partition coefficient (Wildman–Crippen LogP) is 3.38. The van der Waals surface area contributed by atoms with Gasteiger partial charge in [-0.05, 0) is 30.7 Å². The maximum absolute atomic E-state index is 13.2. The summed E-state index contributed by atoms with van der Waals surface area (Å²) in [6, 6.07) is 5.92. The van der Waals surface area contributed by atoms with Crippen LogP contribution >= 0.6 is 0 Å². The summed E-state index contributed by atoms with van der Waals surface area (Å²) in [6.45, 7) is 1.33. The topological polar surface area (TPSA) is 42.4 Å². The summed E-state index contributed by atoms with van der Waals surface area (Å²) in [5.74, 6) is -1.12. The van der Waals surface area contributed by atoms with Gasteiger partial charge in [-0.15, -0.1) is 13.2 Å². The minimum Gasteiger partial charge on any atom is -0.406 e. The molecular formula is C14H11F4NO2. The Morgan fingerprint density at radius 3 is 2.43 bits per heavy atom. The van der Waals surface area contributed by atoms with E-state index in [9.17, 15) is 22.7 Å². The second-order valence-corrected chi connectivity index (χ2v) is 4.54. The summed E-state index contributed by atoms with van der Waals surface area (Å²) in [5, 5.41) is 10.5. The zero-order chi connectivity index (χ0) is 15.7. The van der Waals surface area contributed by atoms with E-state index in [1.165, 1.54) is 25.3 Å². The lowest BCUT2D eigenvalue weighted by molar-refractivity contribution is -0.274. The molecule has 112 valence electrons. The maximum Gasteiger partial charge on any atom is 0.573 e. The third-order valence-electron chi connectivity index (χ3n) is 2.90. The SMILES string of the molecule is CC(O)(c1cncc(F)c1)c1cccc(OC(F)(F)F)c1. The molecule has 1 aromatic heterocycles. The lowest BCUT2D eigenvalue weighted by atomic mass is 9.89. The Morgan fingerprint density at radius 1 is 1.10 bits per heavy atom. The molecule has 0 saturated heterocycles. The Morgan fingerprint density at radius 2 is 1.81 bits per heavy atom. The number of halogens is 4. The molecule has 0 aliphatic carbocycles. The van der Waals surface area contributed by atoms with Crippen molar-refractivity contribution in [2.45, 2.75) is 18.9 Å². The zero-order valence-electron chi connectivity index (χ0n) is 10.9. The zero-order valence-corrected chi connectivity index (χ0v) is 10.9. The van der Waals surface area contributed by atoms with Crippen molar-refractivity contribution in [3.05, 3.63) is 59.7 Å². The quantitative estimate of drug-likeness (QED) is 0.884. The van der Waals surface area contributed by atoms with Crippen molar-refractivity contribution in [1.29, 1.82) is 0 Å². The van der Waals surface area contributed by atoms with Crippen LogP contribution in [0.25, 0.3) is 0 Å². The maximum atomic E-state index is 13.2. The van der Waals surface area contributed by atoms with E-state index in [4.69, 9.17) is 0 Å². The average Bonchev–Trinajstić information content (AvgIpc) is 2.37. The highest BCUT2D eigenvalue weighted by Gasteiger charge is 2.32. The monoisotopic (exact) mass is 301 g/mol. The lowest BCUT2D eigenvalue weighted by Gasteiger charge is -2.24. The minimum atomic E-state index is -4.83. The third kappa shape index (κ3) is 3.69. The number of benzene rings is 1. The molecular weight excluding hydrogens is 290 g/mol. The number of ether oxygens (including phenoxy) is 1. The Bertz CT molecular complexity index is 641. The van der Waals surface area contributed by atoms with Crippen molar-refractivity contribution in [2.75, 3.05) is 0 Å². The van der Waals surface area contributed by atoms with E-state index in [0.717, 1.165) is 24.4 Å². The molecule has 21 heavy (non-hydrogen) atoms. The molecule has 2 aromatic rings. The number of aromatic nitrogens is 1. The highest BCUT2D eigenvalue weighted by atomic mass is 19.4. The smallest absolute Gasteiger partial charge is 0.406 e. The van der Waals surface area contributed by atoms with E-state index in [1.807, 2.05) is 0 Å². The first-order valence-corrected chi connectivity index (χ1v) is 5.88. The van der Waals surface area contributed by atoms with Gasteiger partial charge in [-0.1, -0.05) is 12.1 Å². The molecule has 0 fully saturated rings. The Hall–Kier alpha value is -2.15. The van der Waals surface area contributed by atoms with Crippen LogP contribution < -0.4 is 4.74 Å². The summed E-state index contributed by atoms with van der Waals surface area (Å²) in [4.78, 5) is 3.61. The molecule has 0 aliphatic heterocycles. The van der Waals surface area contributed by atoms with E-state index < -0.39 is 23.5 Å². The second-order valence-electron chi connectivity index (χ2n) is 4.54. The van der Waals surface area contributed by atoms with Gasteiger partial charge in [0.05, 0.1) is 6.20 Å². The summed E-state index contributed by atoms with van der Waals surface area (Å²) < 4.78 is 53.6. The molecule has 0 spiro atoms. The van der Waals surface area contributed by atoms with Crippen LogP contribution in [-0.2, 0) is 5.60 Å². The van der Waals surface area contributed by atoms with Gasteiger partial charge in [0.15, 0.2) is 0 Å². The van der Waals surface area contributed by atoms with E-state index in [-0.39, 0.29) is 11.1 Å². The van der Waals surface area contributed by atoms with Crippen LogP contribution in [0.3, 0.4) is 0 Å². The standard InChI is InChI=1S/C14H11F4NO2/c1-13(20,10-5-11(15)8-19-7-10)9-3-2-4-12(6-9)21-14(16,17)18/h2-8,20H,1H3. The highest BCUT2D eigenvalue weighted by Crippen LogP contribution is 2.32. The first-order chi connectivity index (χ1) is 9.68. The first-order valence-electron chi connectivity index (χ1n) is 5.88. The van der Waals surface area contributed by atoms with E-state index in [2.05, 4.69) is 9.72 Å². The second kappa shape index (κ2) is 5.33. The normalized spacial score (nSPS) is 14.6. The van der Waals surface area contributed by atoms with Crippen molar-refractivity contribution in [2.24, 2.45) is 0 Å². The van der Waals surface area contributed by atoms with Gasteiger partial charge >= 0.3 is 6.36 Å². The fourth-order valence-corrected chi connectivity index (χ4v) is 1.84. The van der Waals surface area contributed by atoms with Gasteiger partial charge in [0.25, 0.3) is 0 Å². The number of rotatable bonds is 3. The van der Waals surface area contributed by atoms with Crippen molar-refractivity contribution in [1.82, 2.24) is 4.98 Å². The van der Waals surface area contributed by atoms with Gasteiger partial charge < -0.3 is 9.84 Å². The number of aliphatic hydroxyl groups is 1. The molecule has 0 bridgehead atoms. The number of hydrogen-bond acceptors (Lipinski definition) is 3. The molecule has 1 N–H and O–H groups in total. The fraction of sp³-hybridized carbons (Fsp3) is 0.214. The van der Waals surface area contributed by atoms with Gasteiger partial charge in [0.2, 0.25) is 0 Å². The lowest BCUT2D eigenvalue weighted by Crippen LogP contribution is -2.24. The average molecular weight is 301 g/mol. The van der Waals surface area contributed by atoms with Gasteiger partial charge in [-0.25, -0.2) is 4.39 Å². The molecule has 1 unspecified atom stereocenters. The summed E-state index contributed by atoms with van der Waals surface area (Å²) in [5.41, 5.74) is -1.47. The van der Waals surface area contributed by atoms with Gasteiger partial charge in [-0.3, -0.25) is 4.98 Å². The van der Waals surface area contributed by atoms with E-state index in [1.54, 1.807) is 0 Å². The highest BCUT2D eigenvalue weighted by molar-refractivity contribution is 5.38. The number of pyridine rings is 1. The van der Waals surface area contributed by atoms with Crippen LogP contribution in [0.2, 0.25) is 0 Å². The van der Waals surface area contributed by atoms with Crippen molar-refractivity contribution in [3.8, 4) is 5.75 Å². The van der Waals surface area contributed by atoms with E-state index >= 15 is 0 Å². The summed E-state index contributed by atoms with van der Waals surface area (Å²) >= 11 is 0. The van der Waals surface area contributed by atoms with Gasteiger partial charge in [0, 0.05) is 11.8 Å². The van der Waals surface area contributed by atoms with Crippen LogP contribution in [0.1, 0.15) is 18.1 Å². The number of alkyl halides is 3. The minimum absolute atomic E-state index is 0.117. The summed E-state index contributed by atoms with van der Waals surface area (Å²) in [7, 11) is 0. The van der Waals surface area contributed by atoms with E-state index in [0.29, 0.717) is 0 Å². The Labute approximate surface area is 117 Å². The molecule has 1 atom stereocenters. The number of hydrogen-bond donors (Lipinski definition) is 1. The predicted molar refractivity (Wildman–Crippen MR) is 66.0 cm³/mol. The molecule has 1 heterocycles. The molecule has 0 saturated carbocycles. The van der Waals surface area contributed by atoms with Crippen LogP contribution in [0.15, 0.2) is 42.7 Å². The van der Waals surface area contributed by atoms with Crippen molar-refractivity contribution >= 4 is 0 Å².